The molecule has 4 rings (SSSR count). The largest absolute Gasteiger partial charge is 0.493 e. The highest BCUT2D eigenvalue weighted by Gasteiger charge is 2.27. The van der Waals surface area contributed by atoms with Gasteiger partial charge in [-0.05, 0) is 62.4 Å². The van der Waals surface area contributed by atoms with Gasteiger partial charge in [0.2, 0.25) is 0 Å². The number of rotatable bonds is 7. The molecule has 1 aromatic heterocycles. The number of ether oxygens (including phenoxy) is 2. The van der Waals surface area contributed by atoms with E-state index in [1.54, 1.807) is 18.8 Å². The molecule has 0 bridgehead atoms. The highest BCUT2D eigenvalue weighted by atomic mass is 16.5. The third-order valence-electron chi connectivity index (χ3n) is 6.72. The van der Waals surface area contributed by atoms with Crippen LogP contribution in [0.5, 0.6) is 11.5 Å². The zero-order chi connectivity index (χ0) is 24.6. The highest BCUT2D eigenvalue weighted by Crippen LogP contribution is 2.40. The lowest BCUT2D eigenvalue weighted by Gasteiger charge is -2.35. The van der Waals surface area contributed by atoms with Crippen LogP contribution in [0.25, 0.3) is 11.3 Å². The second kappa shape index (κ2) is 9.50. The fourth-order valence-electron chi connectivity index (χ4n) is 5.15. The Balaban J connectivity index is 1.97. The Labute approximate surface area is 201 Å². The molecule has 0 saturated carbocycles. The van der Waals surface area contributed by atoms with E-state index in [9.17, 15) is 4.79 Å². The highest BCUT2D eigenvalue weighted by molar-refractivity contribution is 5.75. The molecule has 0 fully saturated rings. The third kappa shape index (κ3) is 4.05. The Morgan fingerprint density at radius 1 is 1.06 bits per heavy atom. The molecule has 0 radical (unpaired) electrons. The molecular formula is C27H34N4O3. The van der Waals surface area contributed by atoms with Crippen LogP contribution >= 0.6 is 0 Å². The number of fused-ring (bicyclic) bond motifs is 3. The molecule has 7 nitrogen and oxygen atoms in total. The summed E-state index contributed by atoms with van der Waals surface area (Å²) in [6.07, 6.45) is 1.55. The van der Waals surface area contributed by atoms with Crippen LogP contribution in [0.15, 0.2) is 35.1 Å². The molecule has 1 aliphatic rings. The van der Waals surface area contributed by atoms with Gasteiger partial charge in [0.05, 0.1) is 19.9 Å². The topological polar surface area (TPSA) is 82.6 Å². The minimum absolute atomic E-state index is 0.00326. The molecule has 34 heavy (non-hydrogen) atoms. The zero-order valence-electron chi connectivity index (χ0n) is 20.9. The van der Waals surface area contributed by atoms with Crippen molar-refractivity contribution in [2.45, 2.75) is 53.1 Å². The summed E-state index contributed by atoms with van der Waals surface area (Å²) in [6.45, 7) is 9.43. The van der Waals surface area contributed by atoms with Crippen molar-refractivity contribution < 1.29 is 9.47 Å². The van der Waals surface area contributed by atoms with Gasteiger partial charge in [-0.1, -0.05) is 24.6 Å². The Bertz CT molecular complexity index is 1250. The van der Waals surface area contributed by atoms with Crippen LogP contribution < -0.4 is 25.8 Å². The third-order valence-corrected chi connectivity index (χ3v) is 6.72. The Morgan fingerprint density at radius 2 is 1.71 bits per heavy atom. The van der Waals surface area contributed by atoms with Crippen molar-refractivity contribution in [3.05, 3.63) is 63.1 Å². The lowest BCUT2D eigenvalue weighted by atomic mass is 9.96. The monoisotopic (exact) mass is 462 g/mol. The average Bonchev–Trinajstić information content (AvgIpc) is 2.81. The van der Waals surface area contributed by atoms with Crippen LogP contribution in [0.1, 0.15) is 35.6 Å². The van der Waals surface area contributed by atoms with Gasteiger partial charge in [0, 0.05) is 36.4 Å². The summed E-state index contributed by atoms with van der Waals surface area (Å²) >= 11 is 0. The first-order valence-electron chi connectivity index (χ1n) is 11.8. The Kier molecular flexibility index (Phi) is 6.66. The smallest absolute Gasteiger partial charge is 0.350 e. The van der Waals surface area contributed by atoms with Crippen LogP contribution in [-0.2, 0) is 13.0 Å². The fraction of sp³-hybridized carbons (Fsp3) is 0.407. The zero-order valence-corrected chi connectivity index (χ0v) is 20.9. The van der Waals surface area contributed by atoms with Crippen molar-refractivity contribution in [3.63, 3.8) is 0 Å². The summed E-state index contributed by atoms with van der Waals surface area (Å²) in [7, 11) is 3.26. The van der Waals surface area contributed by atoms with E-state index in [2.05, 4.69) is 49.7 Å². The number of benzene rings is 2. The van der Waals surface area contributed by atoms with Crippen LogP contribution in [-0.4, -0.2) is 36.4 Å². The summed E-state index contributed by atoms with van der Waals surface area (Å²) in [5.74, 6) is 1.94. The standard InChI is InChI=1S/C27H34N4O3/c1-7-20(15-28)31(26-17(3)10-16(2)11-18(26)4)25-14-22-21-13-24(34-6)23(33-5)12-19(21)8-9-30(22)27(32)29-25/h10-14,20H,7-9,15,28H2,1-6H3. The van der Waals surface area contributed by atoms with Crippen molar-refractivity contribution in [2.75, 3.05) is 25.7 Å². The maximum Gasteiger partial charge on any atom is 0.350 e. The molecular weight excluding hydrogens is 428 g/mol. The molecule has 1 aliphatic heterocycles. The maximum absolute atomic E-state index is 13.3. The van der Waals surface area contributed by atoms with Crippen LogP contribution in [0.2, 0.25) is 0 Å². The molecule has 2 N–H and O–H groups in total. The van der Waals surface area contributed by atoms with Crippen molar-refractivity contribution >= 4 is 11.5 Å². The predicted octanol–water partition coefficient (Wildman–Crippen LogP) is 4.28. The average molecular weight is 463 g/mol. The molecule has 3 aromatic rings. The van der Waals surface area contributed by atoms with E-state index in [4.69, 9.17) is 15.2 Å². The number of nitrogens with zero attached hydrogens (tertiary/aromatic N) is 3. The number of anilines is 2. The molecule has 0 spiro atoms. The first-order valence-corrected chi connectivity index (χ1v) is 11.8. The normalized spacial score (nSPS) is 13.1. The number of methoxy groups -OCH3 is 2. The summed E-state index contributed by atoms with van der Waals surface area (Å²) in [4.78, 5) is 20.0. The molecule has 0 amide bonds. The van der Waals surface area contributed by atoms with Gasteiger partial charge in [-0.3, -0.25) is 4.57 Å². The quantitative estimate of drug-likeness (QED) is 0.564. The summed E-state index contributed by atoms with van der Waals surface area (Å²) < 4.78 is 12.8. The number of hydrogen-bond donors (Lipinski definition) is 1. The number of aromatic nitrogens is 2. The first-order chi connectivity index (χ1) is 16.3. The van der Waals surface area contributed by atoms with E-state index in [-0.39, 0.29) is 11.7 Å². The number of aryl methyl sites for hydroxylation is 4. The summed E-state index contributed by atoms with van der Waals surface area (Å²) in [6, 6.07) is 10.3. The predicted molar refractivity (Wildman–Crippen MR) is 137 cm³/mol. The van der Waals surface area contributed by atoms with Gasteiger partial charge in [-0.2, -0.15) is 4.98 Å². The molecule has 180 valence electrons. The second-order valence-electron chi connectivity index (χ2n) is 8.96. The van der Waals surface area contributed by atoms with Crippen LogP contribution in [0.3, 0.4) is 0 Å². The van der Waals surface area contributed by atoms with Gasteiger partial charge < -0.3 is 20.1 Å². The van der Waals surface area contributed by atoms with Gasteiger partial charge in [0.25, 0.3) is 0 Å². The van der Waals surface area contributed by atoms with Crippen molar-refractivity contribution in [1.29, 1.82) is 0 Å². The van der Waals surface area contributed by atoms with E-state index in [1.165, 1.54) is 5.56 Å². The fourth-order valence-corrected chi connectivity index (χ4v) is 5.15. The number of nitrogens with two attached hydrogens (primary N) is 1. The molecule has 7 heteroatoms. The molecule has 2 heterocycles. The van der Waals surface area contributed by atoms with E-state index >= 15 is 0 Å². The van der Waals surface area contributed by atoms with Crippen molar-refractivity contribution in [3.8, 4) is 22.8 Å². The van der Waals surface area contributed by atoms with Gasteiger partial charge in [-0.15, -0.1) is 0 Å². The van der Waals surface area contributed by atoms with E-state index < -0.39 is 0 Å². The Morgan fingerprint density at radius 3 is 2.29 bits per heavy atom. The molecule has 1 unspecified atom stereocenters. The minimum Gasteiger partial charge on any atom is -0.493 e. The Hall–Kier alpha value is -3.32. The molecule has 1 atom stereocenters. The lowest BCUT2D eigenvalue weighted by Crippen LogP contribution is -2.40. The van der Waals surface area contributed by atoms with E-state index in [0.29, 0.717) is 30.4 Å². The SMILES string of the molecule is CCC(CN)N(c1cc2n(c(=O)n1)CCc1cc(OC)c(OC)cc1-2)c1c(C)cc(C)cc1C. The van der Waals surface area contributed by atoms with Gasteiger partial charge in [0.1, 0.15) is 5.82 Å². The van der Waals surface area contributed by atoms with Crippen molar-refractivity contribution in [2.24, 2.45) is 5.73 Å². The number of hydrogen-bond acceptors (Lipinski definition) is 6. The molecule has 2 aromatic carbocycles. The molecule has 0 saturated heterocycles. The van der Waals surface area contributed by atoms with Gasteiger partial charge >= 0.3 is 5.69 Å². The van der Waals surface area contributed by atoms with Gasteiger partial charge in [0.15, 0.2) is 11.5 Å². The van der Waals surface area contributed by atoms with E-state index in [1.807, 2.05) is 18.2 Å². The first kappa shape index (κ1) is 23.8. The minimum atomic E-state index is -0.257. The summed E-state index contributed by atoms with van der Waals surface area (Å²) in [5, 5.41) is 0. The van der Waals surface area contributed by atoms with Crippen LogP contribution in [0, 0.1) is 20.8 Å². The maximum atomic E-state index is 13.3. The van der Waals surface area contributed by atoms with Crippen molar-refractivity contribution in [1.82, 2.24) is 9.55 Å². The van der Waals surface area contributed by atoms with E-state index in [0.717, 1.165) is 46.5 Å². The second-order valence-corrected chi connectivity index (χ2v) is 8.96. The van der Waals surface area contributed by atoms with Gasteiger partial charge in [-0.25, -0.2) is 4.79 Å². The lowest BCUT2D eigenvalue weighted by molar-refractivity contribution is 0.354. The van der Waals surface area contributed by atoms with Crippen LogP contribution in [0.4, 0.5) is 11.5 Å². The summed E-state index contributed by atoms with van der Waals surface area (Å²) in [5.41, 5.74) is 13.4. The molecule has 0 aliphatic carbocycles.